The Labute approximate surface area is 103 Å². The van der Waals surface area contributed by atoms with Crippen molar-refractivity contribution < 1.29 is 5.11 Å². The molecule has 0 aromatic carbocycles. The van der Waals surface area contributed by atoms with E-state index in [-0.39, 0.29) is 5.92 Å². The van der Waals surface area contributed by atoms with Gasteiger partial charge in [0.05, 0.1) is 5.60 Å². The number of hydrogen-bond donors (Lipinski definition) is 3. The van der Waals surface area contributed by atoms with E-state index >= 15 is 0 Å². The number of rotatable bonds is 5. The van der Waals surface area contributed by atoms with Crippen molar-refractivity contribution in [2.45, 2.75) is 39.2 Å². The number of aromatic nitrogens is 2. The van der Waals surface area contributed by atoms with Gasteiger partial charge in [-0.15, -0.1) is 0 Å². The smallest absolute Gasteiger partial charge is 0.135 e. The second-order valence-electron chi connectivity index (χ2n) is 5.07. The molecule has 96 valence electrons. The van der Waals surface area contributed by atoms with Crippen LogP contribution in [0.2, 0.25) is 0 Å². The Morgan fingerprint density at radius 1 is 1.29 bits per heavy atom. The summed E-state index contributed by atoms with van der Waals surface area (Å²) in [5, 5.41) is 15.8. The van der Waals surface area contributed by atoms with Crippen molar-refractivity contribution in [1.82, 2.24) is 9.97 Å². The van der Waals surface area contributed by atoms with Crippen molar-refractivity contribution in [3.63, 3.8) is 0 Å². The summed E-state index contributed by atoms with van der Waals surface area (Å²) in [4.78, 5) is 8.78. The molecule has 0 unspecified atom stereocenters. The van der Waals surface area contributed by atoms with E-state index in [0.29, 0.717) is 6.54 Å². The Hall–Kier alpha value is -1.36. The molecule has 1 heterocycles. The largest absolute Gasteiger partial charge is 0.389 e. The second kappa shape index (κ2) is 5.31. The molecule has 0 aliphatic heterocycles. The molecule has 0 amide bonds. The molecule has 5 nitrogen and oxygen atoms in total. The lowest BCUT2D eigenvalue weighted by molar-refractivity contribution is 0.0944. The lowest BCUT2D eigenvalue weighted by Gasteiger charge is -2.19. The Balaban J connectivity index is 2.87. The maximum Gasteiger partial charge on any atom is 0.135 e. The molecule has 0 atom stereocenters. The van der Waals surface area contributed by atoms with Crippen LogP contribution in [0.1, 0.15) is 39.4 Å². The van der Waals surface area contributed by atoms with Gasteiger partial charge in [0, 0.05) is 25.6 Å². The van der Waals surface area contributed by atoms with Gasteiger partial charge in [0.25, 0.3) is 0 Å². The van der Waals surface area contributed by atoms with Crippen LogP contribution in [-0.4, -0.2) is 34.3 Å². The summed E-state index contributed by atoms with van der Waals surface area (Å²) in [7, 11) is 1.83. The molecule has 17 heavy (non-hydrogen) atoms. The van der Waals surface area contributed by atoms with Gasteiger partial charge in [-0.3, -0.25) is 0 Å². The van der Waals surface area contributed by atoms with Crippen molar-refractivity contribution >= 4 is 11.6 Å². The summed E-state index contributed by atoms with van der Waals surface area (Å²) in [5.74, 6) is 2.57. The predicted octanol–water partition coefficient (Wildman–Crippen LogP) is 1.82. The van der Waals surface area contributed by atoms with Crippen LogP contribution in [0.25, 0.3) is 0 Å². The number of anilines is 2. The summed E-state index contributed by atoms with van der Waals surface area (Å²) >= 11 is 0. The van der Waals surface area contributed by atoms with Crippen molar-refractivity contribution in [2.24, 2.45) is 0 Å². The number of hydrogen-bond acceptors (Lipinski definition) is 5. The van der Waals surface area contributed by atoms with Crippen LogP contribution in [0.15, 0.2) is 6.07 Å². The standard InChI is InChI=1S/C12H22N4O/c1-8(2)11-15-9(13-5)6-10(16-11)14-7-12(3,4)17/h6,8,17H,7H2,1-5H3,(H2,13,14,15,16). The molecule has 1 aromatic heterocycles. The Morgan fingerprint density at radius 3 is 2.35 bits per heavy atom. The summed E-state index contributed by atoms with van der Waals surface area (Å²) < 4.78 is 0. The normalized spacial score (nSPS) is 11.7. The van der Waals surface area contributed by atoms with Crippen LogP contribution < -0.4 is 10.6 Å². The van der Waals surface area contributed by atoms with E-state index in [2.05, 4.69) is 34.4 Å². The van der Waals surface area contributed by atoms with E-state index < -0.39 is 5.60 Å². The van der Waals surface area contributed by atoms with Crippen molar-refractivity contribution in [2.75, 3.05) is 24.2 Å². The fourth-order valence-electron chi connectivity index (χ4n) is 1.25. The molecule has 1 aromatic rings. The molecule has 0 bridgehead atoms. The number of nitrogens with zero attached hydrogens (tertiary/aromatic N) is 2. The van der Waals surface area contributed by atoms with Crippen molar-refractivity contribution in [3.8, 4) is 0 Å². The van der Waals surface area contributed by atoms with Gasteiger partial charge in [-0.05, 0) is 13.8 Å². The first kappa shape index (κ1) is 13.7. The average molecular weight is 238 g/mol. The lowest BCUT2D eigenvalue weighted by atomic mass is 10.1. The lowest BCUT2D eigenvalue weighted by Crippen LogP contribution is -2.29. The highest BCUT2D eigenvalue weighted by Crippen LogP contribution is 2.17. The maximum absolute atomic E-state index is 9.66. The third-order valence-corrected chi connectivity index (χ3v) is 2.22. The first-order valence-corrected chi connectivity index (χ1v) is 5.85. The van der Waals surface area contributed by atoms with Crippen LogP contribution in [0.5, 0.6) is 0 Å². The molecule has 0 saturated carbocycles. The molecule has 0 radical (unpaired) electrons. The van der Waals surface area contributed by atoms with Gasteiger partial charge < -0.3 is 15.7 Å². The zero-order valence-corrected chi connectivity index (χ0v) is 11.2. The summed E-state index contributed by atoms with van der Waals surface area (Å²) in [6, 6.07) is 1.83. The monoisotopic (exact) mass is 238 g/mol. The maximum atomic E-state index is 9.66. The summed E-state index contributed by atoms with van der Waals surface area (Å²) in [6.45, 7) is 8.06. The van der Waals surface area contributed by atoms with Crippen LogP contribution in [0.4, 0.5) is 11.6 Å². The topological polar surface area (TPSA) is 70.1 Å². The van der Waals surface area contributed by atoms with Crippen LogP contribution in [0.3, 0.4) is 0 Å². The van der Waals surface area contributed by atoms with Crippen molar-refractivity contribution in [1.29, 1.82) is 0 Å². The molecular weight excluding hydrogens is 216 g/mol. The number of nitrogens with one attached hydrogen (secondary N) is 2. The van der Waals surface area contributed by atoms with Crippen LogP contribution >= 0.6 is 0 Å². The van der Waals surface area contributed by atoms with E-state index in [0.717, 1.165) is 17.5 Å². The van der Waals surface area contributed by atoms with Crippen LogP contribution in [0, 0.1) is 0 Å². The van der Waals surface area contributed by atoms with E-state index in [1.165, 1.54) is 0 Å². The summed E-state index contributed by atoms with van der Waals surface area (Å²) in [6.07, 6.45) is 0. The molecular formula is C12H22N4O. The molecule has 0 spiro atoms. The van der Waals surface area contributed by atoms with E-state index in [9.17, 15) is 5.11 Å². The SMILES string of the molecule is CNc1cc(NCC(C)(C)O)nc(C(C)C)n1. The minimum absolute atomic E-state index is 0.269. The fraction of sp³-hybridized carbons (Fsp3) is 0.667. The molecule has 0 fully saturated rings. The quantitative estimate of drug-likeness (QED) is 0.730. The van der Waals surface area contributed by atoms with Gasteiger partial charge in [-0.1, -0.05) is 13.8 Å². The average Bonchev–Trinajstić information content (AvgIpc) is 2.25. The highest BCUT2D eigenvalue weighted by molar-refractivity contribution is 5.47. The van der Waals surface area contributed by atoms with Gasteiger partial charge in [-0.2, -0.15) is 0 Å². The third-order valence-electron chi connectivity index (χ3n) is 2.22. The van der Waals surface area contributed by atoms with Gasteiger partial charge in [-0.25, -0.2) is 9.97 Å². The first-order valence-electron chi connectivity index (χ1n) is 5.85. The molecule has 0 aliphatic carbocycles. The third kappa shape index (κ3) is 4.56. The Kier molecular flexibility index (Phi) is 4.28. The van der Waals surface area contributed by atoms with Gasteiger partial charge in [0.1, 0.15) is 17.5 Å². The molecule has 0 saturated heterocycles. The zero-order chi connectivity index (χ0) is 13.1. The summed E-state index contributed by atoms with van der Waals surface area (Å²) in [5.41, 5.74) is -0.761. The van der Waals surface area contributed by atoms with Gasteiger partial charge in [0.2, 0.25) is 0 Å². The minimum Gasteiger partial charge on any atom is -0.389 e. The highest BCUT2D eigenvalue weighted by Gasteiger charge is 2.13. The molecule has 3 N–H and O–H groups in total. The van der Waals surface area contributed by atoms with E-state index in [1.807, 2.05) is 13.1 Å². The molecule has 5 heteroatoms. The zero-order valence-electron chi connectivity index (χ0n) is 11.2. The second-order valence-corrected chi connectivity index (χ2v) is 5.07. The minimum atomic E-state index is -0.761. The van der Waals surface area contributed by atoms with Gasteiger partial charge in [0.15, 0.2) is 0 Å². The van der Waals surface area contributed by atoms with E-state index in [1.54, 1.807) is 13.8 Å². The first-order chi connectivity index (χ1) is 7.81. The fourth-order valence-corrected chi connectivity index (χ4v) is 1.25. The highest BCUT2D eigenvalue weighted by atomic mass is 16.3. The molecule has 1 rings (SSSR count). The van der Waals surface area contributed by atoms with Gasteiger partial charge >= 0.3 is 0 Å². The van der Waals surface area contributed by atoms with E-state index in [4.69, 9.17) is 0 Å². The van der Waals surface area contributed by atoms with Crippen LogP contribution in [-0.2, 0) is 0 Å². The predicted molar refractivity (Wildman–Crippen MR) is 70.5 cm³/mol. The Morgan fingerprint density at radius 2 is 1.88 bits per heavy atom. The Bertz CT molecular complexity index is 371. The van der Waals surface area contributed by atoms with Crippen molar-refractivity contribution in [3.05, 3.63) is 11.9 Å². The molecule has 0 aliphatic rings. The number of aliphatic hydroxyl groups is 1.